The number of carbonyl (C=O) groups excluding carboxylic acids is 1. The van der Waals surface area contributed by atoms with Crippen molar-refractivity contribution in [3.8, 4) is 11.5 Å². The Hall–Kier alpha value is -3.09. The summed E-state index contributed by atoms with van der Waals surface area (Å²) in [7, 11) is 3.05. The highest BCUT2D eigenvalue weighted by Gasteiger charge is 2.18. The van der Waals surface area contributed by atoms with Gasteiger partial charge in [0.25, 0.3) is 5.91 Å². The van der Waals surface area contributed by atoms with E-state index in [1.54, 1.807) is 25.1 Å². The minimum absolute atomic E-state index is 0.277. The summed E-state index contributed by atoms with van der Waals surface area (Å²) in [5.41, 5.74) is 1.83. The quantitative estimate of drug-likeness (QED) is 0.799. The van der Waals surface area contributed by atoms with E-state index in [4.69, 9.17) is 9.47 Å². The van der Waals surface area contributed by atoms with Gasteiger partial charge in [0.05, 0.1) is 19.9 Å². The number of halogens is 1. The van der Waals surface area contributed by atoms with Crippen LogP contribution in [0.15, 0.2) is 36.5 Å². The SMILES string of the molecule is COc1ccc(NC(=O)c2c(C)nc3ccc(F)cn23)cc1OC. The van der Waals surface area contributed by atoms with Gasteiger partial charge in [0.1, 0.15) is 17.2 Å². The highest BCUT2D eigenvalue weighted by Crippen LogP contribution is 2.30. The molecule has 0 atom stereocenters. The van der Waals surface area contributed by atoms with Crippen LogP contribution in [0, 0.1) is 12.7 Å². The van der Waals surface area contributed by atoms with E-state index in [1.165, 1.54) is 36.9 Å². The van der Waals surface area contributed by atoms with Crippen molar-refractivity contribution in [3.63, 3.8) is 0 Å². The summed E-state index contributed by atoms with van der Waals surface area (Å²) >= 11 is 0. The van der Waals surface area contributed by atoms with Gasteiger partial charge in [0.2, 0.25) is 0 Å². The van der Waals surface area contributed by atoms with E-state index in [1.807, 2.05) is 0 Å². The van der Waals surface area contributed by atoms with E-state index in [-0.39, 0.29) is 5.69 Å². The Balaban J connectivity index is 1.96. The molecule has 0 spiro atoms. The Kier molecular flexibility index (Phi) is 4.07. The lowest BCUT2D eigenvalue weighted by atomic mass is 10.2. The van der Waals surface area contributed by atoms with Crippen molar-refractivity contribution in [2.75, 3.05) is 19.5 Å². The zero-order valence-electron chi connectivity index (χ0n) is 13.5. The van der Waals surface area contributed by atoms with E-state index < -0.39 is 11.7 Å². The number of fused-ring (bicyclic) bond motifs is 1. The molecule has 0 unspecified atom stereocenters. The summed E-state index contributed by atoms with van der Waals surface area (Å²) in [5.74, 6) is 0.220. The number of hydrogen-bond acceptors (Lipinski definition) is 4. The standard InChI is InChI=1S/C17H16FN3O3/c1-10-16(21-9-11(18)4-7-15(21)19-10)17(22)20-12-5-6-13(23-2)14(8-12)24-3/h4-9H,1-3H3,(H,20,22). The van der Waals surface area contributed by atoms with Crippen LogP contribution in [0.5, 0.6) is 11.5 Å². The lowest BCUT2D eigenvalue weighted by Gasteiger charge is -2.11. The van der Waals surface area contributed by atoms with Crippen LogP contribution >= 0.6 is 0 Å². The molecule has 2 heterocycles. The predicted molar refractivity (Wildman–Crippen MR) is 87.4 cm³/mol. The van der Waals surface area contributed by atoms with Crippen molar-refractivity contribution >= 4 is 17.2 Å². The van der Waals surface area contributed by atoms with E-state index in [2.05, 4.69) is 10.3 Å². The Morgan fingerprint density at radius 1 is 1.17 bits per heavy atom. The van der Waals surface area contributed by atoms with E-state index >= 15 is 0 Å². The fraction of sp³-hybridized carbons (Fsp3) is 0.176. The van der Waals surface area contributed by atoms with Crippen molar-refractivity contribution < 1.29 is 18.7 Å². The van der Waals surface area contributed by atoms with E-state index in [0.717, 1.165) is 0 Å². The molecule has 3 rings (SSSR count). The summed E-state index contributed by atoms with van der Waals surface area (Å²) in [6.07, 6.45) is 1.23. The molecule has 6 nitrogen and oxygen atoms in total. The number of imidazole rings is 1. The average molecular weight is 329 g/mol. The maximum atomic E-state index is 13.5. The molecule has 0 aliphatic carbocycles. The molecular weight excluding hydrogens is 313 g/mol. The first-order valence-corrected chi connectivity index (χ1v) is 7.21. The first-order valence-electron chi connectivity index (χ1n) is 7.21. The van der Waals surface area contributed by atoms with Gasteiger partial charge in [-0.2, -0.15) is 0 Å². The molecule has 124 valence electrons. The van der Waals surface area contributed by atoms with Crippen molar-refractivity contribution in [2.45, 2.75) is 6.92 Å². The maximum absolute atomic E-state index is 13.5. The van der Waals surface area contributed by atoms with Crippen LogP contribution in [-0.2, 0) is 0 Å². The van der Waals surface area contributed by atoms with Gasteiger partial charge in [-0.1, -0.05) is 0 Å². The van der Waals surface area contributed by atoms with E-state index in [0.29, 0.717) is 28.5 Å². The minimum atomic E-state index is -0.444. The molecule has 0 radical (unpaired) electrons. The number of carbonyl (C=O) groups is 1. The molecule has 3 aromatic rings. The summed E-state index contributed by atoms with van der Waals surface area (Å²) < 4.78 is 25.3. The number of rotatable bonds is 4. The Morgan fingerprint density at radius 2 is 1.92 bits per heavy atom. The second-order valence-electron chi connectivity index (χ2n) is 5.15. The van der Waals surface area contributed by atoms with Crippen molar-refractivity contribution in [1.82, 2.24) is 9.38 Å². The first kappa shape index (κ1) is 15.8. The van der Waals surface area contributed by atoms with Crippen LogP contribution < -0.4 is 14.8 Å². The number of anilines is 1. The number of aromatic nitrogens is 2. The van der Waals surface area contributed by atoms with E-state index in [9.17, 15) is 9.18 Å². The highest BCUT2D eigenvalue weighted by molar-refractivity contribution is 6.04. The predicted octanol–water partition coefficient (Wildman–Crippen LogP) is 3.05. The molecule has 7 heteroatoms. The normalized spacial score (nSPS) is 10.7. The number of ether oxygens (including phenoxy) is 2. The summed E-state index contributed by atoms with van der Waals surface area (Å²) in [6.45, 7) is 1.70. The number of amides is 1. The van der Waals surface area contributed by atoms with Crippen LogP contribution in [-0.4, -0.2) is 29.5 Å². The van der Waals surface area contributed by atoms with Crippen LogP contribution in [0.3, 0.4) is 0 Å². The molecule has 0 fully saturated rings. The fourth-order valence-electron chi connectivity index (χ4n) is 2.51. The Bertz CT molecular complexity index is 921. The number of methoxy groups -OCH3 is 2. The average Bonchev–Trinajstić information content (AvgIpc) is 2.89. The third-order valence-corrected chi connectivity index (χ3v) is 3.61. The molecule has 0 saturated carbocycles. The zero-order chi connectivity index (χ0) is 17.3. The molecule has 0 bridgehead atoms. The lowest BCUT2D eigenvalue weighted by Crippen LogP contribution is -2.15. The number of hydrogen-bond donors (Lipinski definition) is 1. The highest BCUT2D eigenvalue weighted by atomic mass is 19.1. The van der Waals surface area contributed by atoms with Gasteiger partial charge in [0.15, 0.2) is 11.5 Å². The topological polar surface area (TPSA) is 64.9 Å². The number of aryl methyl sites for hydroxylation is 1. The zero-order valence-corrected chi connectivity index (χ0v) is 13.5. The van der Waals surface area contributed by atoms with Crippen molar-refractivity contribution in [2.24, 2.45) is 0 Å². The largest absolute Gasteiger partial charge is 0.493 e. The monoisotopic (exact) mass is 329 g/mol. The van der Waals surface area contributed by atoms with Crippen molar-refractivity contribution in [1.29, 1.82) is 0 Å². The van der Waals surface area contributed by atoms with Gasteiger partial charge in [0, 0.05) is 18.0 Å². The van der Waals surface area contributed by atoms with Gasteiger partial charge in [-0.3, -0.25) is 9.20 Å². The van der Waals surface area contributed by atoms with Crippen LogP contribution in [0.2, 0.25) is 0 Å². The molecule has 0 aliphatic heterocycles. The molecule has 1 aromatic carbocycles. The molecule has 0 aliphatic rings. The number of benzene rings is 1. The Morgan fingerprint density at radius 3 is 2.62 bits per heavy atom. The minimum Gasteiger partial charge on any atom is -0.493 e. The summed E-state index contributed by atoms with van der Waals surface area (Å²) in [5, 5.41) is 2.77. The third kappa shape index (κ3) is 2.76. The number of pyridine rings is 1. The molecule has 24 heavy (non-hydrogen) atoms. The second-order valence-corrected chi connectivity index (χ2v) is 5.15. The molecule has 2 aromatic heterocycles. The Labute approximate surface area is 137 Å². The van der Waals surface area contributed by atoms with Crippen LogP contribution in [0.25, 0.3) is 5.65 Å². The van der Waals surface area contributed by atoms with Crippen LogP contribution in [0.1, 0.15) is 16.2 Å². The summed E-state index contributed by atoms with van der Waals surface area (Å²) in [6, 6.07) is 7.86. The lowest BCUT2D eigenvalue weighted by molar-refractivity contribution is 0.102. The first-order chi connectivity index (χ1) is 11.5. The number of nitrogens with zero attached hydrogens (tertiary/aromatic N) is 2. The maximum Gasteiger partial charge on any atom is 0.274 e. The molecular formula is C17H16FN3O3. The second kappa shape index (κ2) is 6.19. The van der Waals surface area contributed by atoms with Crippen LogP contribution in [0.4, 0.5) is 10.1 Å². The smallest absolute Gasteiger partial charge is 0.274 e. The number of nitrogens with one attached hydrogen (secondary N) is 1. The van der Waals surface area contributed by atoms with Gasteiger partial charge in [-0.25, -0.2) is 9.37 Å². The molecule has 1 amide bonds. The van der Waals surface area contributed by atoms with Gasteiger partial charge in [-0.05, 0) is 31.2 Å². The van der Waals surface area contributed by atoms with Gasteiger partial charge >= 0.3 is 0 Å². The van der Waals surface area contributed by atoms with Gasteiger partial charge in [-0.15, -0.1) is 0 Å². The third-order valence-electron chi connectivity index (χ3n) is 3.61. The summed E-state index contributed by atoms with van der Waals surface area (Å²) in [4.78, 5) is 16.9. The molecule has 0 saturated heterocycles. The fourth-order valence-corrected chi connectivity index (χ4v) is 2.51. The van der Waals surface area contributed by atoms with Crippen molar-refractivity contribution in [3.05, 3.63) is 53.7 Å². The molecule has 1 N–H and O–H groups in total. The van der Waals surface area contributed by atoms with Gasteiger partial charge < -0.3 is 14.8 Å².